The minimum absolute atomic E-state index is 0.00671. The number of nitro groups is 1. The average molecular weight is 288 g/mol. The number of carbonyl (C=O) groups excluding carboxylic acids is 1. The molecule has 1 amide bonds. The first-order valence-corrected chi connectivity index (χ1v) is 6.72. The molecule has 1 aromatic carbocycles. The number of benzene rings is 1. The first-order chi connectivity index (χ1) is 9.56. The van der Waals surface area contributed by atoms with Crippen molar-refractivity contribution in [1.29, 1.82) is 0 Å². The van der Waals surface area contributed by atoms with Gasteiger partial charge in [0.05, 0.1) is 4.92 Å². The number of nitro benzene ring substituents is 1. The molecule has 20 heavy (non-hydrogen) atoms. The second-order valence-electron chi connectivity index (χ2n) is 4.09. The number of anilines is 1. The molecule has 0 saturated heterocycles. The van der Waals surface area contributed by atoms with Crippen LogP contribution in [0.4, 0.5) is 11.4 Å². The van der Waals surface area contributed by atoms with Crippen LogP contribution in [0.5, 0.6) is 0 Å². The van der Waals surface area contributed by atoms with E-state index in [2.05, 4.69) is 5.32 Å². The first-order valence-electron chi connectivity index (χ1n) is 5.84. The SMILES string of the molecule is Cc1ccsc1/C=C/C(=O)Nc1ccc([N+](=O)[O-])cc1. The van der Waals surface area contributed by atoms with Gasteiger partial charge in [-0.2, -0.15) is 0 Å². The van der Waals surface area contributed by atoms with Gasteiger partial charge < -0.3 is 5.32 Å². The molecule has 1 heterocycles. The maximum atomic E-state index is 11.7. The van der Waals surface area contributed by atoms with Gasteiger partial charge in [0.2, 0.25) is 5.91 Å². The maximum absolute atomic E-state index is 11.7. The molecule has 6 heteroatoms. The van der Waals surface area contributed by atoms with Crippen molar-refractivity contribution in [3.8, 4) is 0 Å². The van der Waals surface area contributed by atoms with Gasteiger partial charge >= 0.3 is 0 Å². The van der Waals surface area contributed by atoms with E-state index in [1.807, 2.05) is 18.4 Å². The molecule has 0 aliphatic heterocycles. The van der Waals surface area contributed by atoms with Crippen molar-refractivity contribution in [3.05, 3.63) is 62.3 Å². The molecule has 1 aromatic heterocycles. The van der Waals surface area contributed by atoms with Gasteiger partial charge in [-0.3, -0.25) is 14.9 Å². The van der Waals surface area contributed by atoms with E-state index < -0.39 is 4.92 Å². The third kappa shape index (κ3) is 3.52. The molecule has 0 atom stereocenters. The summed E-state index contributed by atoms with van der Waals surface area (Å²) in [6, 6.07) is 7.69. The number of carbonyl (C=O) groups is 1. The smallest absolute Gasteiger partial charge is 0.269 e. The Morgan fingerprint density at radius 2 is 2.00 bits per heavy atom. The molecule has 2 rings (SSSR count). The standard InChI is InChI=1S/C14H12N2O3S/c1-10-8-9-20-13(10)6-7-14(17)15-11-2-4-12(5-3-11)16(18)19/h2-9H,1H3,(H,15,17)/b7-6+. The number of hydrogen-bond acceptors (Lipinski definition) is 4. The summed E-state index contributed by atoms with van der Waals surface area (Å²) in [7, 11) is 0. The third-order valence-corrected chi connectivity index (χ3v) is 3.62. The number of nitrogens with one attached hydrogen (secondary N) is 1. The van der Waals surface area contributed by atoms with Crippen LogP contribution < -0.4 is 5.32 Å². The Labute approximate surface area is 119 Å². The Morgan fingerprint density at radius 3 is 2.55 bits per heavy atom. The number of thiophene rings is 1. The number of hydrogen-bond donors (Lipinski definition) is 1. The Balaban J connectivity index is 1.99. The molecule has 0 aliphatic rings. The number of nitrogens with zero attached hydrogens (tertiary/aromatic N) is 1. The van der Waals surface area contributed by atoms with Crippen molar-refractivity contribution >= 4 is 34.7 Å². The lowest BCUT2D eigenvalue weighted by atomic mass is 10.2. The van der Waals surface area contributed by atoms with Crippen molar-refractivity contribution in [2.75, 3.05) is 5.32 Å². The third-order valence-electron chi connectivity index (χ3n) is 2.63. The van der Waals surface area contributed by atoms with Gasteiger partial charge in [0.1, 0.15) is 0 Å². The summed E-state index contributed by atoms with van der Waals surface area (Å²) < 4.78 is 0. The molecule has 0 saturated carbocycles. The van der Waals surface area contributed by atoms with Gasteiger partial charge in [-0.1, -0.05) is 0 Å². The average Bonchev–Trinajstić information content (AvgIpc) is 2.82. The summed E-state index contributed by atoms with van der Waals surface area (Å²) in [5.74, 6) is -0.272. The van der Waals surface area contributed by atoms with Crippen LogP contribution >= 0.6 is 11.3 Å². The highest BCUT2D eigenvalue weighted by Gasteiger charge is 2.05. The Hall–Kier alpha value is -2.47. The molecule has 0 radical (unpaired) electrons. The molecular weight excluding hydrogens is 276 g/mol. The van der Waals surface area contributed by atoms with Crippen LogP contribution in [0.25, 0.3) is 6.08 Å². The van der Waals surface area contributed by atoms with Crippen LogP contribution in [-0.2, 0) is 4.79 Å². The zero-order chi connectivity index (χ0) is 14.5. The summed E-state index contributed by atoms with van der Waals surface area (Å²) >= 11 is 1.56. The van der Waals surface area contributed by atoms with Crippen molar-refractivity contribution in [1.82, 2.24) is 0 Å². The maximum Gasteiger partial charge on any atom is 0.269 e. The lowest BCUT2D eigenvalue weighted by molar-refractivity contribution is -0.384. The lowest BCUT2D eigenvalue weighted by Gasteiger charge is -2.01. The highest BCUT2D eigenvalue weighted by Crippen LogP contribution is 2.18. The van der Waals surface area contributed by atoms with Gasteiger partial charge in [-0.25, -0.2) is 0 Å². The highest BCUT2D eigenvalue weighted by molar-refractivity contribution is 7.11. The van der Waals surface area contributed by atoms with Gasteiger partial charge in [0.25, 0.3) is 5.69 Å². The quantitative estimate of drug-likeness (QED) is 0.530. The number of rotatable bonds is 4. The monoisotopic (exact) mass is 288 g/mol. The first kappa shape index (κ1) is 14.0. The summed E-state index contributed by atoms with van der Waals surface area (Å²) in [5, 5.41) is 15.1. The molecule has 5 nitrogen and oxygen atoms in total. The lowest BCUT2D eigenvalue weighted by Crippen LogP contribution is -2.07. The Morgan fingerprint density at radius 1 is 1.30 bits per heavy atom. The Kier molecular flexibility index (Phi) is 4.27. The summed E-state index contributed by atoms with van der Waals surface area (Å²) in [6.45, 7) is 1.98. The van der Waals surface area contributed by atoms with Crippen LogP contribution in [0, 0.1) is 17.0 Å². The van der Waals surface area contributed by atoms with E-state index in [4.69, 9.17) is 0 Å². The van der Waals surface area contributed by atoms with Gasteiger partial charge in [-0.15, -0.1) is 11.3 Å². The van der Waals surface area contributed by atoms with Crippen LogP contribution in [-0.4, -0.2) is 10.8 Å². The zero-order valence-electron chi connectivity index (χ0n) is 10.7. The molecule has 1 N–H and O–H groups in total. The largest absolute Gasteiger partial charge is 0.323 e. The van der Waals surface area contributed by atoms with Crippen molar-refractivity contribution in [2.45, 2.75) is 6.92 Å². The van der Waals surface area contributed by atoms with E-state index in [1.54, 1.807) is 17.4 Å². The molecule has 0 bridgehead atoms. The van der Waals surface area contributed by atoms with Crippen molar-refractivity contribution < 1.29 is 9.72 Å². The van der Waals surface area contributed by atoms with E-state index in [1.165, 1.54) is 30.3 Å². The molecule has 0 spiro atoms. The van der Waals surface area contributed by atoms with E-state index >= 15 is 0 Å². The molecule has 0 unspecified atom stereocenters. The number of amides is 1. The van der Waals surface area contributed by atoms with E-state index in [9.17, 15) is 14.9 Å². The van der Waals surface area contributed by atoms with E-state index in [0.29, 0.717) is 5.69 Å². The van der Waals surface area contributed by atoms with Gasteiger partial charge in [0, 0.05) is 28.8 Å². The van der Waals surface area contributed by atoms with E-state index in [-0.39, 0.29) is 11.6 Å². The van der Waals surface area contributed by atoms with Crippen molar-refractivity contribution in [3.63, 3.8) is 0 Å². The summed E-state index contributed by atoms with van der Waals surface area (Å²) in [5.41, 5.74) is 1.63. The minimum atomic E-state index is -0.481. The fraction of sp³-hybridized carbons (Fsp3) is 0.0714. The molecule has 0 fully saturated rings. The predicted molar refractivity (Wildman–Crippen MR) is 79.8 cm³/mol. The molecule has 0 aliphatic carbocycles. The van der Waals surface area contributed by atoms with Gasteiger partial charge in [-0.05, 0) is 42.1 Å². The number of non-ortho nitro benzene ring substituents is 1. The van der Waals surface area contributed by atoms with Crippen LogP contribution in [0.1, 0.15) is 10.4 Å². The number of aryl methyl sites for hydroxylation is 1. The molecule has 2 aromatic rings. The van der Waals surface area contributed by atoms with Crippen LogP contribution in [0.15, 0.2) is 41.8 Å². The van der Waals surface area contributed by atoms with E-state index in [0.717, 1.165) is 10.4 Å². The zero-order valence-corrected chi connectivity index (χ0v) is 11.5. The predicted octanol–water partition coefficient (Wildman–Crippen LogP) is 3.62. The molecular formula is C14H12N2O3S. The normalized spacial score (nSPS) is 10.7. The van der Waals surface area contributed by atoms with Crippen LogP contribution in [0.3, 0.4) is 0 Å². The Bertz CT molecular complexity index is 659. The highest BCUT2D eigenvalue weighted by atomic mass is 32.1. The topological polar surface area (TPSA) is 72.2 Å². The van der Waals surface area contributed by atoms with Crippen LogP contribution in [0.2, 0.25) is 0 Å². The summed E-state index contributed by atoms with van der Waals surface area (Å²) in [6.07, 6.45) is 3.20. The molecule has 102 valence electrons. The fourth-order valence-corrected chi connectivity index (χ4v) is 2.38. The van der Waals surface area contributed by atoms with Gasteiger partial charge in [0.15, 0.2) is 0 Å². The summed E-state index contributed by atoms with van der Waals surface area (Å²) in [4.78, 5) is 22.8. The fourth-order valence-electron chi connectivity index (χ4n) is 1.56. The second-order valence-corrected chi connectivity index (χ2v) is 5.04. The second kappa shape index (κ2) is 6.12. The minimum Gasteiger partial charge on any atom is -0.323 e. The van der Waals surface area contributed by atoms with Crippen molar-refractivity contribution in [2.24, 2.45) is 0 Å².